The summed E-state index contributed by atoms with van der Waals surface area (Å²) < 4.78 is 34.1. The molecule has 0 saturated carbocycles. The molecule has 17 atom stereocenters. The fraction of sp³-hybridized carbons (Fsp3) is 0.672. The summed E-state index contributed by atoms with van der Waals surface area (Å²) in [7, 11) is 0. The highest BCUT2D eigenvalue weighted by Crippen LogP contribution is 2.33. The first-order valence-corrected chi connectivity index (χ1v) is 30.3. The predicted octanol–water partition coefficient (Wildman–Crippen LogP) is 5.70. The van der Waals surface area contributed by atoms with Gasteiger partial charge in [-0.3, -0.25) is 4.79 Å². The molecule has 3 aliphatic heterocycles. The number of aliphatic hydroxyl groups is 11. The average molecular weight is 1170 g/mol. The second-order valence-corrected chi connectivity index (χ2v) is 21.1. The number of amides is 1. The molecule has 0 bridgehead atoms. The van der Waals surface area contributed by atoms with E-state index in [1.807, 2.05) is 0 Å². The molecule has 0 aromatic heterocycles. The zero-order valence-corrected chi connectivity index (χ0v) is 49.1. The summed E-state index contributed by atoms with van der Waals surface area (Å²) in [5.74, 6) is -0.313. The lowest BCUT2D eigenvalue weighted by atomic mass is 9.96. The van der Waals surface area contributed by atoms with Gasteiger partial charge < -0.3 is 89.9 Å². The highest BCUT2D eigenvalue weighted by Gasteiger charge is 2.53. The largest absolute Gasteiger partial charge is 0.394 e. The van der Waals surface area contributed by atoms with Crippen molar-refractivity contribution in [3.05, 3.63) is 122 Å². The van der Waals surface area contributed by atoms with Gasteiger partial charge in [0.25, 0.3) is 0 Å². The number of carbonyl (C=O) groups excluding carboxylic acids is 1. The van der Waals surface area contributed by atoms with Crippen LogP contribution in [0.1, 0.15) is 142 Å². The molecule has 19 heteroatoms. The molecule has 0 aliphatic carbocycles. The lowest BCUT2D eigenvalue weighted by Crippen LogP contribution is -2.66. The van der Waals surface area contributed by atoms with Crippen molar-refractivity contribution in [3.8, 4) is 0 Å². The monoisotopic (exact) mass is 1170 g/mol. The van der Waals surface area contributed by atoms with Crippen molar-refractivity contribution in [1.82, 2.24) is 5.32 Å². The van der Waals surface area contributed by atoms with Gasteiger partial charge in [-0.1, -0.05) is 167 Å². The van der Waals surface area contributed by atoms with Gasteiger partial charge in [-0.2, -0.15) is 0 Å². The summed E-state index contributed by atoms with van der Waals surface area (Å²) in [6.45, 7) is 1.41. The molecule has 472 valence electrons. The van der Waals surface area contributed by atoms with Crippen LogP contribution >= 0.6 is 0 Å². The van der Waals surface area contributed by atoms with Crippen LogP contribution in [0.2, 0.25) is 0 Å². The maximum atomic E-state index is 13.3. The molecular formula is C64H103NO18. The van der Waals surface area contributed by atoms with Gasteiger partial charge in [-0.15, -0.1) is 0 Å². The van der Waals surface area contributed by atoms with E-state index < -0.39 is 124 Å². The van der Waals surface area contributed by atoms with Crippen LogP contribution in [0.25, 0.3) is 0 Å². The number of aliphatic hydroxyl groups excluding tert-OH is 11. The van der Waals surface area contributed by atoms with Crippen molar-refractivity contribution in [3.63, 3.8) is 0 Å². The Bertz CT molecular complexity index is 1980. The van der Waals surface area contributed by atoms with Crippen LogP contribution in [0.4, 0.5) is 0 Å². The molecule has 3 rings (SSSR count). The average Bonchev–Trinajstić information content (AvgIpc) is 3.69. The normalized spacial score (nSPS) is 30.3. The van der Waals surface area contributed by atoms with E-state index in [0.29, 0.717) is 12.8 Å². The molecule has 0 radical (unpaired) electrons. The van der Waals surface area contributed by atoms with Gasteiger partial charge in [0.1, 0.15) is 73.2 Å². The van der Waals surface area contributed by atoms with Crippen molar-refractivity contribution in [1.29, 1.82) is 0 Å². The summed E-state index contributed by atoms with van der Waals surface area (Å²) in [6.07, 6.45) is 33.8. The standard InChI is InChI=1S/C64H103NO18/c1-3-5-7-9-11-12-13-14-15-16-17-18-19-20-21-22-23-24-25-26-27-28-29-30-31-32-33-34-36-38-40-42-52(70)65-47(48(69)41-39-37-35-10-8-6-4-2)46-78-62-58(76)55(73)60(50(44-67)80-62)83-64-59(77)56(74)61(51(45-68)81-64)82-63-57(75)54(72)53(71)49(43-66)79-63/h5,7-8,10-12,14-15,17-18,20-21,23-24,26-27,29-30,39,41,47-51,53-64,66-69,71-77H,3-4,6,9,13,16,19,22,25,28,31-38,40,42-46H2,1-2H3,(H,65,70)/b7-5-,10-8+,12-11-,15-14-,18-17-,21-20-,24-23-,27-26-,30-29-,41-39+. The first kappa shape index (κ1) is 73.4. The molecule has 3 fully saturated rings. The molecule has 0 aromatic rings. The Balaban J connectivity index is 1.38. The van der Waals surface area contributed by atoms with Gasteiger partial charge in [0.15, 0.2) is 18.9 Å². The second-order valence-electron chi connectivity index (χ2n) is 21.1. The van der Waals surface area contributed by atoms with E-state index in [1.54, 1.807) is 12.2 Å². The molecule has 0 aromatic carbocycles. The highest BCUT2D eigenvalue weighted by atomic mass is 16.8. The van der Waals surface area contributed by atoms with E-state index >= 15 is 0 Å². The SMILES string of the molecule is CC/C=C\C/C=C\C/C=C\C/C=C\C/C=C\C/C=C\C/C=C\C/C=C\CCCCCCCCC(=O)NC(COC1OC(CO)C(OC2OC(CO)C(OC3OC(CO)C(O)C(O)C3O)C(O)C2O)C(O)C1O)C(O)/C=C/CC/C=C/CCC. The first-order chi connectivity index (χ1) is 40.3. The lowest BCUT2D eigenvalue weighted by molar-refractivity contribution is -0.379. The third-order valence-corrected chi connectivity index (χ3v) is 14.2. The van der Waals surface area contributed by atoms with E-state index in [-0.39, 0.29) is 18.9 Å². The predicted molar refractivity (Wildman–Crippen MR) is 318 cm³/mol. The van der Waals surface area contributed by atoms with Gasteiger partial charge in [0, 0.05) is 6.42 Å². The smallest absolute Gasteiger partial charge is 0.220 e. The van der Waals surface area contributed by atoms with Crippen LogP contribution in [-0.4, -0.2) is 193 Å². The Morgan fingerprint density at radius 1 is 0.446 bits per heavy atom. The molecule has 3 aliphatic rings. The van der Waals surface area contributed by atoms with Crippen LogP contribution in [0, 0.1) is 0 Å². The maximum Gasteiger partial charge on any atom is 0.220 e. The van der Waals surface area contributed by atoms with Crippen LogP contribution in [0.15, 0.2) is 122 Å². The molecule has 3 saturated heterocycles. The van der Waals surface area contributed by atoms with E-state index in [1.165, 1.54) is 0 Å². The maximum absolute atomic E-state index is 13.3. The van der Waals surface area contributed by atoms with E-state index in [9.17, 15) is 61.0 Å². The number of ether oxygens (including phenoxy) is 6. The topological polar surface area (TPSA) is 307 Å². The van der Waals surface area contributed by atoms with Gasteiger partial charge in [-0.25, -0.2) is 0 Å². The number of carbonyl (C=O) groups is 1. The van der Waals surface area contributed by atoms with Crippen molar-refractivity contribution in [2.75, 3.05) is 26.4 Å². The number of unbranched alkanes of at least 4 members (excludes halogenated alkanes) is 8. The van der Waals surface area contributed by atoms with Crippen molar-refractivity contribution < 1.29 is 89.4 Å². The molecule has 83 heavy (non-hydrogen) atoms. The van der Waals surface area contributed by atoms with Crippen molar-refractivity contribution in [2.45, 2.75) is 247 Å². The summed E-state index contributed by atoms with van der Waals surface area (Å²) >= 11 is 0. The molecule has 3 heterocycles. The fourth-order valence-corrected chi connectivity index (χ4v) is 9.29. The number of hydrogen-bond acceptors (Lipinski definition) is 18. The number of nitrogens with one attached hydrogen (secondary N) is 1. The Morgan fingerprint density at radius 3 is 1.34 bits per heavy atom. The number of hydrogen-bond donors (Lipinski definition) is 12. The van der Waals surface area contributed by atoms with Crippen molar-refractivity contribution in [2.24, 2.45) is 0 Å². The third-order valence-electron chi connectivity index (χ3n) is 14.2. The van der Waals surface area contributed by atoms with Gasteiger partial charge in [0.05, 0.1) is 38.6 Å². The third kappa shape index (κ3) is 29.0. The quantitative estimate of drug-likeness (QED) is 0.0258. The van der Waals surface area contributed by atoms with Gasteiger partial charge in [-0.05, 0) is 89.9 Å². The number of allylic oxidation sites excluding steroid dienone is 19. The van der Waals surface area contributed by atoms with Gasteiger partial charge in [0.2, 0.25) is 5.91 Å². The molecule has 0 spiro atoms. The Labute approximate surface area is 493 Å². The van der Waals surface area contributed by atoms with E-state index in [2.05, 4.69) is 129 Å². The summed E-state index contributed by atoms with van der Waals surface area (Å²) in [6, 6.07) is -1.00. The van der Waals surface area contributed by atoms with E-state index in [4.69, 9.17) is 28.4 Å². The van der Waals surface area contributed by atoms with Crippen molar-refractivity contribution >= 4 is 5.91 Å². The minimum absolute atomic E-state index is 0.208. The Morgan fingerprint density at radius 2 is 0.843 bits per heavy atom. The fourth-order valence-electron chi connectivity index (χ4n) is 9.29. The summed E-state index contributed by atoms with van der Waals surface area (Å²) in [5, 5.41) is 120. The molecule has 1 amide bonds. The van der Waals surface area contributed by atoms with Gasteiger partial charge >= 0.3 is 0 Å². The zero-order chi connectivity index (χ0) is 60.5. The summed E-state index contributed by atoms with van der Waals surface area (Å²) in [4.78, 5) is 13.3. The zero-order valence-electron chi connectivity index (χ0n) is 49.1. The highest BCUT2D eigenvalue weighted by molar-refractivity contribution is 5.76. The lowest BCUT2D eigenvalue weighted by Gasteiger charge is -2.48. The molecular weight excluding hydrogens is 1070 g/mol. The molecule has 19 nitrogen and oxygen atoms in total. The molecule has 17 unspecified atom stereocenters. The number of rotatable bonds is 42. The summed E-state index contributed by atoms with van der Waals surface area (Å²) in [5.41, 5.74) is 0. The Kier molecular flexibility index (Phi) is 40.3. The van der Waals surface area contributed by atoms with E-state index in [0.717, 1.165) is 109 Å². The van der Waals surface area contributed by atoms with Crippen LogP contribution in [-0.2, 0) is 33.2 Å². The molecule has 12 N–H and O–H groups in total. The van der Waals surface area contributed by atoms with Crippen LogP contribution < -0.4 is 5.32 Å². The second kappa shape index (κ2) is 45.5. The van der Waals surface area contributed by atoms with Crippen LogP contribution in [0.5, 0.6) is 0 Å². The van der Waals surface area contributed by atoms with Crippen LogP contribution in [0.3, 0.4) is 0 Å². The minimum atomic E-state index is -1.99. The first-order valence-electron chi connectivity index (χ1n) is 30.3. The Hall–Kier alpha value is -3.81. The minimum Gasteiger partial charge on any atom is -0.394 e.